The van der Waals surface area contributed by atoms with E-state index in [0.717, 1.165) is 12.8 Å². The van der Waals surface area contributed by atoms with Crippen LogP contribution in [0, 0.1) is 5.82 Å². The van der Waals surface area contributed by atoms with Crippen molar-refractivity contribution in [2.75, 3.05) is 11.9 Å². The fraction of sp³-hybridized carbons (Fsp3) is 0.316. The predicted octanol–water partition coefficient (Wildman–Crippen LogP) is 4.68. The van der Waals surface area contributed by atoms with Crippen LogP contribution >= 0.6 is 11.6 Å². The van der Waals surface area contributed by atoms with Gasteiger partial charge in [-0.25, -0.2) is 4.39 Å². The molecule has 0 unspecified atom stereocenters. The summed E-state index contributed by atoms with van der Waals surface area (Å²) in [6.07, 6.45) is 1.81. The Morgan fingerprint density at radius 1 is 1.22 bits per heavy atom. The molecule has 3 rings (SSSR count). The summed E-state index contributed by atoms with van der Waals surface area (Å²) >= 11 is 6.08. The van der Waals surface area contributed by atoms with Gasteiger partial charge in [-0.2, -0.15) is 8.78 Å². The van der Waals surface area contributed by atoms with Gasteiger partial charge >= 0.3 is 6.61 Å². The molecule has 27 heavy (non-hydrogen) atoms. The lowest BCUT2D eigenvalue weighted by atomic mass is 10.2. The summed E-state index contributed by atoms with van der Waals surface area (Å²) in [6.45, 7) is -2.81. The maximum atomic E-state index is 14.1. The minimum atomic E-state index is -2.99. The van der Waals surface area contributed by atoms with Gasteiger partial charge in [0, 0.05) is 23.2 Å². The van der Waals surface area contributed by atoms with Crippen molar-refractivity contribution in [2.45, 2.75) is 32.0 Å². The first kappa shape index (κ1) is 19.5. The Morgan fingerprint density at radius 3 is 2.63 bits per heavy atom. The lowest BCUT2D eigenvalue weighted by molar-refractivity contribution is -0.117. The second-order valence-corrected chi connectivity index (χ2v) is 6.67. The molecule has 144 valence electrons. The van der Waals surface area contributed by atoms with Gasteiger partial charge in [-0.05, 0) is 37.1 Å². The van der Waals surface area contributed by atoms with E-state index in [4.69, 9.17) is 11.6 Å². The number of nitrogens with one attached hydrogen (secondary N) is 1. The molecule has 0 radical (unpaired) electrons. The third-order valence-corrected chi connectivity index (χ3v) is 4.56. The van der Waals surface area contributed by atoms with Crippen molar-refractivity contribution in [3.05, 3.63) is 58.9 Å². The standard InChI is InChI=1S/C19H18ClF3N2O2/c20-14-4-3-5-15(21)13(14)10-25(12-8-9-12)11-18(26)24-16-6-1-2-7-17(16)27-19(22)23/h1-7,12,19H,8-11H2,(H,24,26). The van der Waals surface area contributed by atoms with E-state index in [1.54, 1.807) is 12.1 Å². The molecule has 0 bridgehead atoms. The highest BCUT2D eigenvalue weighted by Crippen LogP contribution is 2.31. The molecule has 2 aromatic rings. The molecule has 1 aliphatic carbocycles. The van der Waals surface area contributed by atoms with Crippen molar-refractivity contribution >= 4 is 23.2 Å². The molecule has 2 aromatic carbocycles. The summed E-state index contributed by atoms with van der Waals surface area (Å²) in [5, 5.41) is 2.88. The largest absolute Gasteiger partial charge is 0.433 e. The molecule has 4 nitrogen and oxygen atoms in total. The lowest BCUT2D eigenvalue weighted by Gasteiger charge is -2.22. The summed E-state index contributed by atoms with van der Waals surface area (Å²) in [7, 11) is 0. The van der Waals surface area contributed by atoms with Gasteiger partial charge in [0.15, 0.2) is 0 Å². The average molecular weight is 399 g/mol. The molecule has 1 fully saturated rings. The van der Waals surface area contributed by atoms with Crippen molar-refractivity contribution in [3.8, 4) is 5.75 Å². The van der Waals surface area contributed by atoms with Crippen LogP contribution in [0.2, 0.25) is 5.02 Å². The third kappa shape index (κ3) is 5.37. The predicted molar refractivity (Wildman–Crippen MR) is 96.5 cm³/mol. The maximum Gasteiger partial charge on any atom is 0.387 e. The minimum Gasteiger partial charge on any atom is -0.433 e. The molecule has 0 heterocycles. The van der Waals surface area contributed by atoms with Gasteiger partial charge in [0.25, 0.3) is 0 Å². The Hall–Kier alpha value is -2.25. The van der Waals surface area contributed by atoms with Crippen LogP contribution in [0.15, 0.2) is 42.5 Å². The summed E-state index contributed by atoms with van der Waals surface area (Å²) in [5.41, 5.74) is 0.489. The van der Waals surface area contributed by atoms with Gasteiger partial charge in [0.1, 0.15) is 11.6 Å². The Kier molecular flexibility index (Phi) is 6.23. The zero-order chi connectivity index (χ0) is 19.4. The van der Waals surface area contributed by atoms with E-state index in [1.807, 2.05) is 4.90 Å². The molecular formula is C19H18ClF3N2O2. The average Bonchev–Trinajstić information content (AvgIpc) is 3.43. The molecular weight excluding hydrogens is 381 g/mol. The molecule has 0 aromatic heterocycles. The Labute approximate surface area is 159 Å². The van der Waals surface area contributed by atoms with Crippen molar-refractivity contribution in [2.24, 2.45) is 0 Å². The first-order chi connectivity index (χ1) is 12.9. The van der Waals surface area contributed by atoms with Crippen molar-refractivity contribution in [3.63, 3.8) is 0 Å². The van der Waals surface area contributed by atoms with Crippen molar-refractivity contribution in [1.82, 2.24) is 4.90 Å². The highest BCUT2D eigenvalue weighted by molar-refractivity contribution is 6.31. The number of anilines is 1. The SMILES string of the molecule is O=C(CN(Cc1c(F)cccc1Cl)C1CC1)Nc1ccccc1OC(F)F. The number of amides is 1. The van der Waals surface area contributed by atoms with E-state index in [9.17, 15) is 18.0 Å². The number of ether oxygens (including phenoxy) is 1. The lowest BCUT2D eigenvalue weighted by Crippen LogP contribution is -2.35. The molecule has 1 aliphatic rings. The Balaban J connectivity index is 1.68. The third-order valence-electron chi connectivity index (χ3n) is 4.21. The van der Waals surface area contributed by atoms with Gasteiger partial charge in [-0.15, -0.1) is 0 Å². The van der Waals surface area contributed by atoms with Crippen LogP contribution in [0.3, 0.4) is 0 Å². The summed E-state index contributed by atoms with van der Waals surface area (Å²) in [4.78, 5) is 14.3. The molecule has 0 spiro atoms. The van der Waals surface area contributed by atoms with E-state index in [-0.39, 0.29) is 30.6 Å². The molecule has 8 heteroatoms. The van der Waals surface area contributed by atoms with E-state index in [0.29, 0.717) is 10.6 Å². The second kappa shape index (κ2) is 8.63. The zero-order valence-electron chi connectivity index (χ0n) is 14.3. The van der Waals surface area contributed by atoms with E-state index < -0.39 is 18.3 Å². The first-order valence-corrected chi connectivity index (χ1v) is 8.82. The molecule has 0 atom stereocenters. The van der Waals surface area contributed by atoms with Crippen LogP contribution in [0.1, 0.15) is 18.4 Å². The zero-order valence-corrected chi connectivity index (χ0v) is 15.1. The van der Waals surface area contributed by atoms with Crippen LogP contribution in [0.5, 0.6) is 5.75 Å². The van der Waals surface area contributed by atoms with Crippen molar-refractivity contribution in [1.29, 1.82) is 0 Å². The summed E-state index contributed by atoms with van der Waals surface area (Å²) < 4.78 is 43.4. The molecule has 1 N–H and O–H groups in total. The van der Waals surface area contributed by atoms with Gasteiger partial charge in [0.2, 0.25) is 5.91 Å². The number of rotatable bonds is 8. The van der Waals surface area contributed by atoms with Gasteiger partial charge in [-0.3, -0.25) is 9.69 Å². The Morgan fingerprint density at radius 2 is 1.96 bits per heavy atom. The minimum absolute atomic E-state index is 0.0155. The fourth-order valence-electron chi connectivity index (χ4n) is 2.78. The molecule has 0 aliphatic heterocycles. The van der Waals surface area contributed by atoms with Crippen LogP contribution in [0.4, 0.5) is 18.9 Å². The topological polar surface area (TPSA) is 41.6 Å². The van der Waals surface area contributed by atoms with Gasteiger partial charge in [-0.1, -0.05) is 29.8 Å². The highest BCUT2D eigenvalue weighted by Gasteiger charge is 2.31. The summed E-state index contributed by atoms with van der Waals surface area (Å²) in [6, 6.07) is 10.6. The maximum absolute atomic E-state index is 14.1. The monoisotopic (exact) mass is 398 g/mol. The van der Waals surface area contributed by atoms with Gasteiger partial charge < -0.3 is 10.1 Å². The second-order valence-electron chi connectivity index (χ2n) is 6.26. The normalized spacial score (nSPS) is 13.9. The van der Waals surface area contributed by atoms with Crippen LogP contribution in [-0.2, 0) is 11.3 Å². The quantitative estimate of drug-likeness (QED) is 0.701. The van der Waals surface area contributed by atoms with Crippen LogP contribution in [0.25, 0.3) is 0 Å². The smallest absolute Gasteiger partial charge is 0.387 e. The Bertz CT molecular complexity index is 795. The van der Waals surface area contributed by atoms with E-state index in [1.165, 1.54) is 30.3 Å². The number of hydrogen-bond donors (Lipinski definition) is 1. The van der Waals surface area contributed by atoms with Gasteiger partial charge in [0.05, 0.1) is 12.2 Å². The number of carbonyl (C=O) groups is 1. The van der Waals surface area contributed by atoms with E-state index >= 15 is 0 Å². The highest BCUT2D eigenvalue weighted by atomic mass is 35.5. The number of alkyl halides is 2. The van der Waals surface area contributed by atoms with E-state index in [2.05, 4.69) is 10.1 Å². The number of para-hydroxylation sites is 2. The fourth-order valence-corrected chi connectivity index (χ4v) is 3.01. The number of halogens is 4. The summed E-state index contributed by atoms with van der Waals surface area (Å²) in [5.74, 6) is -0.945. The number of hydrogen-bond acceptors (Lipinski definition) is 3. The molecule has 0 saturated heterocycles. The number of carbonyl (C=O) groups excluding carboxylic acids is 1. The van der Waals surface area contributed by atoms with Crippen molar-refractivity contribution < 1.29 is 22.7 Å². The van der Waals surface area contributed by atoms with Crippen LogP contribution in [-0.4, -0.2) is 30.0 Å². The molecule has 1 saturated carbocycles. The first-order valence-electron chi connectivity index (χ1n) is 8.44. The molecule has 1 amide bonds. The number of nitrogens with zero attached hydrogens (tertiary/aromatic N) is 1. The van der Waals surface area contributed by atoms with Crippen LogP contribution < -0.4 is 10.1 Å². The number of benzene rings is 2.